The molecule has 0 aromatic heterocycles. The number of primary amides is 1. The molecule has 0 saturated heterocycles. The summed E-state index contributed by atoms with van der Waals surface area (Å²) in [5, 5.41) is 3.16. The Morgan fingerprint density at radius 1 is 1.46 bits per heavy atom. The molecule has 0 bridgehead atoms. The topological polar surface area (TPSA) is 55.1 Å². The van der Waals surface area contributed by atoms with Crippen molar-refractivity contribution in [2.24, 2.45) is 11.1 Å². The number of nitrogens with one attached hydrogen (secondary N) is 1. The number of carbonyl (C=O) groups excluding carboxylic acids is 1. The average Bonchev–Trinajstić information content (AvgIpc) is 1.97. The molecule has 0 rings (SSSR count). The molecule has 0 aromatic carbocycles. The van der Waals surface area contributed by atoms with Gasteiger partial charge in [-0.3, -0.25) is 4.79 Å². The van der Waals surface area contributed by atoms with Gasteiger partial charge < -0.3 is 11.1 Å². The Morgan fingerprint density at radius 3 is 2.38 bits per heavy atom. The van der Waals surface area contributed by atoms with Crippen molar-refractivity contribution in [3.05, 3.63) is 11.6 Å². The number of amides is 1. The number of hydrogen-bond acceptors (Lipinski definition) is 2. The molecule has 3 nitrogen and oxygen atoms in total. The van der Waals surface area contributed by atoms with E-state index in [4.69, 9.17) is 5.73 Å². The molecule has 0 aliphatic rings. The number of allylic oxidation sites excluding steroid dienone is 1. The van der Waals surface area contributed by atoms with Gasteiger partial charge in [-0.2, -0.15) is 0 Å². The molecule has 3 heteroatoms. The van der Waals surface area contributed by atoms with Crippen LogP contribution in [0.4, 0.5) is 0 Å². The lowest BCUT2D eigenvalue weighted by Crippen LogP contribution is -2.40. The van der Waals surface area contributed by atoms with Crippen LogP contribution in [0.5, 0.6) is 0 Å². The van der Waals surface area contributed by atoms with E-state index in [1.54, 1.807) is 0 Å². The minimum Gasteiger partial charge on any atom is -0.369 e. The van der Waals surface area contributed by atoms with E-state index >= 15 is 0 Å². The smallest absolute Gasteiger partial charge is 0.224 e. The monoisotopic (exact) mass is 184 g/mol. The van der Waals surface area contributed by atoms with Crippen molar-refractivity contribution in [1.29, 1.82) is 0 Å². The summed E-state index contributed by atoms with van der Waals surface area (Å²) in [7, 11) is 0. The van der Waals surface area contributed by atoms with Crippen molar-refractivity contribution < 1.29 is 4.79 Å². The van der Waals surface area contributed by atoms with Gasteiger partial charge in [-0.05, 0) is 27.7 Å². The maximum atomic E-state index is 10.9. The van der Waals surface area contributed by atoms with E-state index < -0.39 is 5.41 Å². The summed E-state index contributed by atoms with van der Waals surface area (Å²) in [6.45, 7) is 9.17. The van der Waals surface area contributed by atoms with Crippen molar-refractivity contribution in [2.75, 3.05) is 13.1 Å². The summed E-state index contributed by atoms with van der Waals surface area (Å²) in [4.78, 5) is 10.9. The first kappa shape index (κ1) is 12.2. The number of carbonyl (C=O) groups is 1. The third-order valence-corrected chi connectivity index (χ3v) is 1.89. The van der Waals surface area contributed by atoms with Gasteiger partial charge in [0.25, 0.3) is 0 Å². The fourth-order valence-corrected chi connectivity index (χ4v) is 0.748. The normalized spacial score (nSPS) is 11.1. The molecule has 0 radical (unpaired) electrons. The second-order valence-electron chi connectivity index (χ2n) is 4.16. The molecule has 0 unspecified atom stereocenters. The zero-order valence-corrected chi connectivity index (χ0v) is 8.98. The zero-order valence-electron chi connectivity index (χ0n) is 8.98. The predicted molar refractivity (Wildman–Crippen MR) is 55.3 cm³/mol. The summed E-state index contributed by atoms with van der Waals surface area (Å²) >= 11 is 0. The molecule has 13 heavy (non-hydrogen) atoms. The zero-order chi connectivity index (χ0) is 10.5. The molecule has 0 atom stereocenters. The van der Waals surface area contributed by atoms with Crippen molar-refractivity contribution >= 4 is 5.91 Å². The van der Waals surface area contributed by atoms with E-state index in [1.807, 2.05) is 27.7 Å². The number of nitrogens with two attached hydrogens (primary N) is 1. The molecule has 0 aliphatic heterocycles. The van der Waals surface area contributed by atoms with E-state index in [0.717, 1.165) is 6.54 Å². The van der Waals surface area contributed by atoms with Gasteiger partial charge in [0.1, 0.15) is 0 Å². The highest BCUT2D eigenvalue weighted by molar-refractivity contribution is 5.80. The quantitative estimate of drug-likeness (QED) is 0.496. The molecular weight excluding hydrogens is 164 g/mol. The van der Waals surface area contributed by atoms with Crippen LogP contribution in [0, 0.1) is 5.41 Å². The number of hydrogen-bond donors (Lipinski definition) is 2. The Labute approximate surface area is 80.4 Å². The van der Waals surface area contributed by atoms with Gasteiger partial charge in [0, 0.05) is 13.1 Å². The fourth-order valence-electron chi connectivity index (χ4n) is 0.748. The summed E-state index contributed by atoms with van der Waals surface area (Å²) in [6.07, 6.45) is 2.08. The standard InChI is InChI=1S/C10H20N2O/c1-8(2)5-6-12-7-10(3,4)9(11)13/h5,12H,6-7H2,1-4H3,(H2,11,13). The van der Waals surface area contributed by atoms with Crippen molar-refractivity contribution in [3.8, 4) is 0 Å². The predicted octanol–water partition coefficient (Wildman–Crippen LogP) is 1.05. The fraction of sp³-hybridized carbons (Fsp3) is 0.700. The van der Waals surface area contributed by atoms with Crippen molar-refractivity contribution in [3.63, 3.8) is 0 Å². The van der Waals surface area contributed by atoms with E-state index in [0.29, 0.717) is 6.54 Å². The van der Waals surface area contributed by atoms with Crippen molar-refractivity contribution in [2.45, 2.75) is 27.7 Å². The maximum absolute atomic E-state index is 10.9. The second-order valence-corrected chi connectivity index (χ2v) is 4.16. The maximum Gasteiger partial charge on any atom is 0.224 e. The van der Waals surface area contributed by atoms with Crippen LogP contribution in [-0.4, -0.2) is 19.0 Å². The van der Waals surface area contributed by atoms with Gasteiger partial charge in [0.15, 0.2) is 0 Å². The number of rotatable bonds is 5. The van der Waals surface area contributed by atoms with Crippen LogP contribution in [0.1, 0.15) is 27.7 Å². The van der Waals surface area contributed by atoms with Crippen LogP contribution in [0.15, 0.2) is 11.6 Å². The minimum absolute atomic E-state index is 0.266. The van der Waals surface area contributed by atoms with Crippen molar-refractivity contribution in [1.82, 2.24) is 5.32 Å². The molecule has 1 amide bonds. The van der Waals surface area contributed by atoms with Gasteiger partial charge >= 0.3 is 0 Å². The lowest BCUT2D eigenvalue weighted by molar-refractivity contribution is -0.125. The van der Waals surface area contributed by atoms with Crippen LogP contribution in [0.3, 0.4) is 0 Å². The van der Waals surface area contributed by atoms with E-state index in [9.17, 15) is 4.79 Å². The highest BCUT2D eigenvalue weighted by Gasteiger charge is 2.23. The molecule has 0 saturated carbocycles. The summed E-state index contributed by atoms with van der Waals surface area (Å²) < 4.78 is 0. The van der Waals surface area contributed by atoms with Gasteiger partial charge in [-0.1, -0.05) is 11.6 Å². The summed E-state index contributed by atoms with van der Waals surface area (Å²) in [5.74, 6) is -0.266. The lowest BCUT2D eigenvalue weighted by Gasteiger charge is -2.20. The van der Waals surface area contributed by atoms with Crippen LogP contribution in [0.25, 0.3) is 0 Å². The largest absolute Gasteiger partial charge is 0.369 e. The third-order valence-electron chi connectivity index (χ3n) is 1.89. The molecule has 0 aliphatic carbocycles. The molecule has 0 heterocycles. The Morgan fingerprint density at radius 2 is 2.00 bits per heavy atom. The van der Waals surface area contributed by atoms with Gasteiger partial charge in [-0.15, -0.1) is 0 Å². The second kappa shape index (κ2) is 5.02. The summed E-state index contributed by atoms with van der Waals surface area (Å²) in [6, 6.07) is 0. The Kier molecular flexibility index (Phi) is 4.70. The molecule has 3 N–H and O–H groups in total. The molecular formula is C10H20N2O. The Balaban J connectivity index is 3.77. The van der Waals surface area contributed by atoms with Gasteiger partial charge in [0.05, 0.1) is 5.41 Å². The average molecular weight is 184 g/mol. The first-order chi connectivity index (χ1) is 5.86. The van der Waals surface area contributed by atoms with Gasteiger partial charge in [-0.25, -0.2) is 0 Å². The first-order valence-electron chi connectivity index (χ1n) is 4.50. The van der Waals surface area contributed by atoms with E-state index in [-0.39, 0.29) is 5.91 Å². The molecule has 0 spiro atoms. The molecule has 0 fully saturated rings. The van der Waals surface area contributed by atoms with E-state index in [2.05, 4.69) is 11.4 Å². The minimum atomic E-state index is -0.463. The lowest BCUT2D eigenvalue weighted by atomic mass is 9.93. The van der Waals surface area contributed by atoms with Gasteiger partial charge in [0.2, 0.25) is 5.91 Å². The summed E-state index contributed by atoms with van der Waals surface area (Å²) in [5.41, 5.74) is 6.02. The highest BCUT2D eigenvalue weighted by Crippen LogP contribution is 2.11. The third kappa shape index (κ3) is 5.42. The van der Waals surface area contributed by atoms with Crippen LogP contribution < -0.4 is 11.1 Å². The Bertz CT molecular complexity index is 203. The molecule has 76 valence electrons. The van der Waals surface area contributed by atoms with Crippen LogP contribution in [0.2, 0.25) is 0 Å². The first-order valence-corrected chi connectivity index (χ1v) is 4.50. The SMILES string of the molecule is CC(C)=CCNCC(C)(C)C(N)=O. The van der Waals surface area contributed by atoms with Crippen LogP contribution in [-0.2, 0) is 4.79 Å². The van der Waals surface area contributed by atoms with Crippen LogP contribution >= 0.6 is 0 Å². The van der Waals surface area contributed by atoms with E-state index in [1.165, 1.54) is 5.57 Å². The highest BCUT2D eigenvalue weighted by atomic mass is 16.1. The molecule has 0 aromatic rings. The Hall–Kier alpha value is -0.830.